The average molecular weight is 419 g/mol. The molecule has 0 unspecified atom stereocenters. The van der Waals surface area contributed by atoms with Gasteiger partial charge in [0.2, 0.25) is 5.91 Å². The number of nitrogens with one attached hydrogen (secondary N) is 2. The maximum atomic E-state index is 12.4. The Balaban J connectivity index is 1.37. The number of aliphatic imine (C=N–C) groups is 1. The van der Waals surface area contributed by atoms with Gasteiger partial charge in [0.1, 0.15) is 0 Å². The molecule has 0 atom stereocenters. The standard InChI is InChI=1S/C21H24Cl2N4O/c1-24-21(26-12-15-8-9-18(22)11-19(15)23)25-10-4-7-20(28)27-13-16-5-2-3-6-17(16)14-27/h2-3,5-6,8-9,11H,4,7,10,12-14H2,1H3,(H2,24,25,26). The van der Waals surface area contributed by atoms with Crippen LogP contribution in [0.25, 0.3) is 0 Å². The molecule has 5 nitrogen and oxygen atoms in total. The molecule has 0 bridgehead atoms. The fourth-order valence-corrected chi connectivity index (χ4v) is 3.65. The van der Waals surface area contributed by atoms with Crippen LogP contribution in [0.15, 0.2) is 47.5 Å². The smallest absolute Gasteiger partial charge is 0.223 e. The number of rotatable bonds is 6. The van der Waals surface area contributed by atoms with Crippen molar-refractivity contribution in [3.63, 3.8) is 0 Å². The van der Waals surface area contributed by atoms with Crippen LogP contribution in [-0.2, 0) is 24.4 Å². The average Bonchev–Trinajstić information content (AvgIpc) is 3.13. The Morgan fingerprint density at radius 3 is 2.46 bits per heavy atom. The van der Waals surface area contributed by atoms with Gasteiger partial charge in [0.05, 0.1) is 0 Å². The molecule has 2 aromatic rings. The van der Waals surface area contributed by atoms with Crippen LogP contribution in [0.3, 0.4) is 0 Å². The van der Waals surface area contributed by atoms with E-state index in [1.807, 2.05) is 29.2 Å². The highest BCUT2D eigenvalue weighted by molar-refractivity contribution is 6.35. The summed E-state index contributed by atoms with van der Waals surface area (Å²) in [5, 5.41) is 7.68. The minimum absolute atomic E-state index is 0.189. The number of amides is 1. The lowest BCUT2D eigenvalue weighted by molar-refractivity contribution is -0.131. The molecular weight excluding hydrogens is 395 g/mol. The van der Waals surface area contributed by atoms with Crippen molar-refractivity contribution in [2.24, 2.45) is 4.99 Å². The molecule has 1 aliphatic heterocycles. The van der Waals surface area contributed by atoms with Gasteiger partial charge in [-0.3, -0.25) is 9.79 Å². The third kappa shape index (κ3) is 5.40. The van der Waals surface area contributed by atoms with Crippen molar-refractivity contribution >= 4 is 35.1 Å². The maximum Gasteiger partial charge on any atom is 0.223 e. The number of hydrogen-bond donors (Lipinski definition) is 2. The first-order chi connectivity index (χ1) is 13.6. The third-order valence-corrected chi connectivity index (χ3v) is 5.33. The van der Waals surface area contributed by atoms with Gasteiger partial charge in [-0.15, -0.1) is 0 Å². The monoisotopic (exact) mass is 418 g/mol. The molecule has 148 valence electrons. The van der Waals surface area contributed by atoms with Gasteiger partial charge < -0.3 is 15.5 Å². The summed E-state index contributed by atoms with van der Waals surface area (Å²) >= 11 is 12.1. The van der Waals surface area contributed by atoms with Gasteiger partial charge in [0.25, 0.3) is 0 Å². The van der Waals surface area contributed by atoms with E-state index >= 15 is 0 Å². The molecule has 1 aliphatic rings. The van der Waals surface area contributed by atoms with E-state index in [9.17, 15) is 4.79 Å². The molecule has 0 fully saturated rings. The van der Waals surface area contributed by atoms with Gasteiger partial charge in [-0.05, 0) is 35.2 Å². The zero-order valence-corrected chi connectivity index (χ0v) is 17.4. The Bertz CT molecular complexity index is 844. The summed E-state index contributed by atoms with van der Waals surface area (Å²) in [5.41, 5.74) is 3.44. The number of halogens is 2. The lowest BCUT2D eigenvalue weighted by Crippen LogP contribution is -2.37. The van der Waals surface area contributed by atoms with Crippen LogP contribution in [0.2, 0.25) is 10.0 Å². The largest absolute Gasteiger partial charge is 0.356 e. The minimum atomic E-state index is 0.189. The Morgan fingerprint density at radius 1 is 1.11 bits per heavy atom. The first-order valence-electron chi connectivity index (χ1n) is 9.30. The second-order valence-corrected chi connectivity index (χ2v) is 7.55. The summed E-state index contributed by atoms with van der Waals surface area (Å²) in [6.07, 6.45) is 1.26. The summed E-state index contributed by atoms with van der Waals surface area (Å²) in [5.74, 6) is 0.862. The Labute approximate surface area is 175 Å². The predicted molar refractivity (Wildman–Crippen MR) is 115 cm³/mol. The van der Waals surface area contributed by atoms with Gasteiger partial charge in [-0.25, -0.2) is 0 Å². The highest BCUT2D eigenvalue weighted by atomic mass is 35.5. The molecule has 28 heavy (non-hydrogen) atoms. The number of carbonyl (C=O) groups is 1. The minimum Gasteiger partial charge on any atom is -0.356 e. The number of nitrogens with zero attached hydrogens (tertiary/aromatic N) is 2. The number of hydrogen-bond acceptors (Lipinski definition) is 2. The van der Waals surface area contributed by atoms with Gasteiger partial charge in [-0.2, -0.15) is 0 Å². The third-order valence-electron chi connectivity index (χ3n) is 4.74. The molecule has 2 N–H and O–H groups in total. The van der Waals surface area contributed by atoms with E-state index in [-0.39, 0.29) is 5.91 Å². The predicted octanol–water partition coefficient (Wildman–Crippen LogP) is 3.98. The molecule has 0 saturated carbocycles. The molecule has 0 saturated heterocycles. The van der Waals surface area contributed by atoms with Gasteiger partial charge in [-0.1, -0.05) is 53.5 Å². The van der Waals surface area contributed by atoms with E-state index in [0.717, 1.165) is 12.0 Å². The summed E-state index contributed by atoms with van der Waals surface area (Å²) < 4.78 is 0. The Morgan fingerprint density at radius 2 is 1.82 bits per heavy atom. The zero-order chi connectivity index (χ0) is 19.9. The summed E-state index contributed by atoms with van der Waals surface area (Å²) in [7, 11) is 1.71. The van der Waals surface area contributed by atoms with Crippen LogP contribution < -0.4 is 10.6 Å². The van der Waals surface area contributed by atoms with Gasteiger partial charge in [0.15, 0.2) is 5.96 Å². The fraction of sp³-hybridized carbons (Fsp3) is 0.333. The second kappa shape index (κ2) is 9.80. The fourth-order valence-electron chi connectivity index (χ4n) is 3.18. The maximum absolute atomic E-state index is 12.4. The molecule has 0 radical (unpaired) electrons. The molecule has 0 aliphatic carbocycles. The molecule has 2 aromatic carbocycles. The van der Waals surface area contributed by atoms with Crippen molar-refractivity contribution < 1.29 is 4.79 Å². The highest BCUT2D eigenvalue weighted by Gasteiger charge is 2.22. The summed E-state index contributed by atoms with van der Waals surface area (Å²) in [6, 6.07) is 13.6. The summed E-state index contributed by atoms with van der Waals surface area (Å²) in [6.45, 7) is 2.64. The van der Waals surface area contributed by atoms with Crippen molar-refractivity contribution in [1.29, 1.82) is 0 Å². The normalized spacial score (nSPS) is 13.4. The van der Waals surface area contributed by atoms with E-state index in [4.69, 9.17) is 23.2 Å². The van der Waals surface area contributed by atoms with Crippen molar-refractivity contribution in [1.82, 2.24) is 15.5 Å². The van der Waals surface area contributed by atoms with Crippen LogP contribution in [0, 0.1) is 0 Å². The first-order valence-corrected chi connectivity index (χ1v) is 10.1. The first kappa shape index (κ1) is 20.5. The second-order valence-electron chi connectivity index (χ2n) is 6.71. The van der Waals surface area contributed by atoms with Crippen molar-refractivity contribution in [2.75, 3.05) is 13.6 Å². The highest BCUT2D eigenvalue weighted by Crippen LogP contribution is 2.23. The van der Waals surface area contributed by atoms with E-state index in [0.29, 0.717) is 48.6 Å². The lowest BCUT2D eigenvalue weighted by Gasteiger charge is -2.16. The quantitative estimate of drug-likeness (QED) is 0.423. The van der Waals surface area contributed by atoms with Crippen molar-refractivity contribution in [3.05, 3.63) is 69.2 Å². The number of benzene rings is 2. The SMILES string of the molecule is CN=C(NCCCC(=O)N1Cc2ccccc2C1)NCc1ccc(Cl)cc1Cl. The van der Waals surface area contributed by atoms with Crippen LogP contribution in [-0.4, -0.2) is 30.4 Å². The zero-order valence-electron chi connectivity index (χ0n) is 15.8. The van der Waals surface area contributed by atoms with Crippen LogP contribution in [0.5, 0.6) is 0 Å². The van der Waals surface area contributed by atoms with Crippen LogP contribution in [0.1, 0.15) is 29.5 Å². The van der Waals surface area contributed by atoms with Crippen molar-refractivity contribution in [3.8, 4) is 0 Å². The molecule has 1 heterocycles. The summed E-state index contributed by atoms with van der Waals surface area (Å²) in [4.78, 5) is 18.5. The number of carbonyl (C=O) groups excluding carboxylic acids is 1. The molecule has 0 aromatic heterocycles. The topological polar surface area (TPSA) is 56.7 Å². The molecular formula is C21H24Cl2N4O. The van der Waals surface area contributed by atoms with Crippen molar-refractivity contribution in [2.45, 2.75) is 32.5 Å². The number of guanidine groups is 1. The van der Waals surface area contributed by atoms with E-state index < -0.39 is 0 Å². The van der Waals surface area contributed by atoms with Crippen LogP contribution in [0.4, 0.5) is 0 Å². The lowest BCUT2D eigenvalue weighted by atomic mass is 10.1. The Kier molecular flexibility index (Phi) is 7.18. The molecule has 7 heteroatoms. The van der Waals surface area contributed by atoms with Gasteiger partial charge in [0, 0.05) is 49.7 Å². The number of fused-ring (bicyclic) bond motifs is 1. The van der Waals surface area contributed by atoms with E-state index in [1.165, 1.54) is 11.1 Å². The molecule has 1 amide bonds. The Hall–Kier alpha value is -2.24. The van der Waals surface area contributed by atoms with Gasteiger partial charge >= 0.3 is 0 Å². The van der Waals surface area contributed by atoms with E-state index in [2.05, 4.69) is 27.8 Å². The molecule has 3 rings (SSSR count). The van der Waals surface area contributed by atoms with Crippen LogP contribution >= 0.6 is 23.2 Å². The molecule has 0 spiro atoms. The van der Waals surface area contributed by atoms with E-state index in [1.54, 1.807) is 13.1 Å².